The molecule has 0 unspecified atom stereocenters. The molecule has 0 radical (unpaired) electrons. The van der Waals surface area contributed by atoms with Gasteiger partial charge in [0.1, 0.15) is 0 Å². The predicted octanol–water partition coefficient (Wildman–Crippen LogP) is 3.04. The minimum Gasteiger partial charge on any atom is -0.454 e. The van der Waals surface area contributed by atoms with Gasteiger partial charge in [0.05, 0.1) is 5.69 Å². The highest BCUT2D eigenvalue weighted by Crippen LogP contribution is 2.32. The third-order valence-electron chi connectivity index (χ3n) is 4.96. The van der Waals surface area contributed by atoms with Crippen molar-refractivity contribution >= 4 is 46.4 Å². The maximum Gasteiger partial charge on any atom is 0.231 e. The lowest BCUT2D eigenvalue weighted by atomic mass is 10.1. The molecule has 29 heavy (non-hydrogen) atoms. The molecule has 2 aliphatic rings. The third kappa shape index (κ3) is 5.88. The number of hydrogen-bond donors (Lipinski definition) is 2. The smallest absolute Gasteiger partial charge is 0.231 e. The number of ether oxygens (including phenoxy) is 2. The van der Waals surface area contributed by atoms with Crippen LogP contribution in [0.3, 0.4) is 0 Å². The zero-order valence-corrected chi connectivity index (χ0v) is 19.8. The van der Waals surface area contributed by atoms with E-state index in [-0.39, 0.29) is 24.0 Å². The van der Waals surface area contributed by atoms with Gasteiger partial charge in [-0.2, -0.15) is 0 Å². The van der Waals surface area contributed by atoms with E-state index in [1.807, 2.05) is 12.1 Å². The van der Waals surface area contributed by atoms with E-state index in [0.29, 0.717) is 6.79 Å². The van der Waals surface area contributed by atoms with Gasteiger partial charge in [-0.3, -0.25) is 4.99 Å². The van der Waals surface area contributed by atoms with Crippen LogP contribution in [-0.4, -0.2) is 51.0 Å². The second-order valence-electron chi connectivity index (χ2n) is 6.93. The van der Waals surface area contributed by atoms with Crippen molar-refractivity contribution in [3.63, 3.8) is 0 Å². The minimum absolute atomic E-state index is 0. The first-order chi connectivity index (χ1) is 13.8. The summed E-state index contributed by atoms with van der Waals surface area (Å²) in [6.45, 7) is 4.21. The molecule has 0 spiro atoms. The highest BCUT2D eigenvalue weighted by atomic mass is 127. The zero-order chi connectivity index (χ0) is 19.2. The van der Waals surface area contributed by atoms with Crippen molar-refractivity contribution in [2.75, 3.05) is 44.9 Å². The van der Waals surface area contributed by atoms with E-state index in [1.165, 1.54) is 23.5 Å². The normalized spacial score (nSPS) is 15.3. The molecule has 2 aromatic rings. The summed E-state index contributed by atoms with van der Waals surface area (Å²) in [5.74, 6) is 2.47. The molecular formula is C20H28IN5O2S. The summed E-state index contributed by atoms with van der Waals surface area (Å²) in [6, 6.07) is 6.08. The van der Waals surface area contributed by atoms with Crippen LogP contribution in [0.1, 0.15) is 24.1 Å². The molecule has 158 valence electrons. The van der Waals surface area contributed by atoms with E-state index in [2.05, 4.69) is 32.0 Å². The van der Waals surface area contributed by atoms with Gasteiger partial charge in [0.25, 0.3) is 0 Å². The summed E-state index contributed by atoms with van der Waals surface area (Å²) >= 11 is 1.75. The Morgan fingerprint density at radius 2 is 1.90 bits per heavy atom. The van der Waals surface area contributed by atoms with Gasteiger partial charge >= 0.3 is 0 Å². The molecule has 0 atom stereocenters. The topological polar surface area (TPSA) is 71.0 Å². The van der Waals surface area contributed by atoms with Gasteiger partial charge in [-0.25, -0.2) is 4.98 Å². The Bertz CT molecular complexity index is 823. The molecule has 0 saturated carbocycles. The SMILES string of the molecule is CN=C(NCCc1ccc2c(c1)OCO2)NCCc1csc(N2CCCC2)n1.I. The number of anilines is 1. The van der Waals surface area contributed by atoms with Gasteiger partial charge in [-0.1, -0.05) is 6.07 Å². The molecule has 0 amide bonds. The van der Waals surface area contributed by atoms with Crippen molar-refractivity contribution < 1.29 is 9.47 Å². The van der Waals surface area contributed by atoms with Crippen LogP contribution in [0.5, 0.6) is 11.5 Å². The summed E-state index contributed by atoms with van der Waals surface area (Å²) < 4.78 is 10.8. The lowest BCUT2D eigenvalue weighted by Crippen LogP contribution is -2.39. The molecule has 1 aromatic carbocycles. The Morgan fingerprint density at radius 3 is 2.69 bits per heavy atom. The number of rotatable bonds is 7. The molecule has 4 rings (SSSR count). The fraction of sp³-hybridized carbons (Fsp3) is 0.500. The van der Waals surface area contributed by atoms with E-state index in [4.69, 9.17) is 14.5 Å². The fourth-order valence-electron chi connectivity index (χ4n) is 3.42. The number of nitrogens with zero attached hydrogens (tertiary/aromatic N) is 3. The fourth-order valence-corrected chi connectivity index (χ4v) is 4.33. The summed E-state index contributed by atoms with van der Waals surface area (Å²) in [5, 5.41) is 10.1. The molecule has 9 heteroatoms. The van der Waals surface area contributed by atoms with Crippen LogP contribution in [0.15, 0.2) is 28.6 Å². The molecule has 3 heterocycles. The number of guanidine groups is 1. The molecule has 0 aliphatic carbocycles. The maximum atomic E-state index is 5.43. The first kappa shape index (κ1) is 21.9. The molecule has 7 nitrogen and oxygen atoms in total. The number of nitrogens with one attached hydrogen (secondary N) is 2. The minimum atomic E-state index is 0. The molecule has 2 aliphatic heterocycles. The number of benzene rings is 1. The van der Waals surface area contributed by atoms with Gasteiger partial charge in [0, 0.05) is 45.0 Å². The number of aromatic nitrogens is 1. The van der Waals surface area contributed by atoms with Crippen LogP contribution in [0.4, 0.5) is 5.13 Å². The molecule has 2 N–H and O–H groups in total. The van der Waals surface area contributed by atoms with E-state index in [0.717, 1.165) is 62.2 Å². The van der Waals surface area contributed by atoms with Crippen molar-refractivity contribution in [2.45, 2.75) is 25.7 Å². The predicted molar refractivity (Wildman–Crippen MR) is 128 cm³/mol. The number of halogens is 1. The van der Waals surface area contributed by atoms with E-state index in [9.17, 15) is 0 Å². The van der Waals surface area contributed by atoms with E-state index < -0.39 is 0 Å². The number of fused-ring (bicyclic) bond motifs is 1. The molecule has 1 aromatic heterocycles. The van der Waals surface area contributed by atoms with Gasteiger partial charge in [-0.15, -0.1) is 35.3 Å². The first-order valence-electron chi connectivity index (χ1n) is 9.84. The van der Waals surface area contributed by atoms with Crippen molar-refractivity contribution in [3.05, 3.63) is 34.8 Å². The summed E-state index contributed by atoms with van der Waals surface area (Å²) in [5.41, 5.74) is 2.36. The Hall–Kier alpha value is -1.75. The van der Waals surface area contributed by atoms with Crippen LogP contribution in [0.25, 0.3) is 0 Å². The molecule has 0 bridgehead atoms. The van der Waals surface area contributed by atoms with Crippen LogP contribution in [0, 0.1) is 0 Å². The van der Waals surface area contributed by atoms with Gasteiger partial charge in [-0.05, 0) is 37.0 Å². The largest absolute Gasteiger partial charge is 0.454 e. The summed E-state index contributed by atoms with van der Waals surface area (Å²) in [6.07, 6.45) is 4.35. The Balaban J connectivity index is 0.00000240. The maximum absolute atomic E-state index is 5.43. The van der Waals surface area contributed by atoms with Crippen molar-refractivity contribution in [3.8, 4) is 11.5 Å². The van der Waals surface area contributed by atoms with Crippen LogP contribution >= 0.6 is 35.3 Å². The van der Waals surface area contributed by atoms with Crippen LogP contribution < -0.4 is 25.0 Å². The van der Waals surface area contributed by atoms with Crippen molar-refractivity contribution in [2.24, 2.45) is 4.99 Å². The Morgan fingerprint density at radius 1 is 1.14 bits per heavy atom. The van der Waals surface area contributed by atoms with Crippen LogP contribution in [-0.2, 0) is 12.8 Å². The van der Waals surface area contributed by atoms with E-state index in [1.54, 1.807) is 18.4 Å². The van der Waals surface area contributed by atoms with Gasteiger partial charge in [0.2, 0.25) is 6.79 Å². The average molecular weight is 529 g/mol. The highest BCUT2D eigenvalue weighted by Gasteiger charge is 2.15. The van der Waals surface area contributed by atoms with Crippen LogP contribution in [0.2, 0.25) is 0 Å². The van der Waals surface area contributed by atoms with Gasteiger partial charge < -0.3 is 25.0 Å². The van der Waals surface area contributed by atoms with Crippen molar-refractivity contribution in [1.29, 1.82) is 0 Å². The quantitative estimate of drug-likeness (QED) is 0.327. The Labute approximate surface area is 192 Å². The molecule has 1 fully saturated rings. The Kier molecular flexibility index (Phi) is 8.22. The lowest BCUT2D eigenvalue weighted by molar-refractivity contribution is 0.174. The number of aliphatic imine (C=N–C) groups is 1. The monoisotopic (exact) mass is 529 g/mol. The summed E-state index contributed by atoms with van der Waals surface area (Å²) in [4.78, 5) is 11.5. The molecule has 1 saturated heterocycles. The standard InChI is InChI=1S/C20H27N5O2S.HI/c1-21-19(22-8-6-15-4-5-17-18(12-15)27-14-26-17)23-9-7-16-13-28-20(24-16)25-10-2-3-11-25;/h4-5,12-13H,2-3,6-11,14H2,1H3,(H2,21,22,23);1H. The van der Waals surface area contributed by atoms with Gasteiger partial charge in [0.15, 0.2) is 22.6 Å². The van der Waals surface area contributed by atoms with Crippen molar-refractivity contribution in [1.82, 2.24) is 15.6 Å². The number of hydrogen-bond acceptors (Lipinski definition) is 6. The lowest BCUT2D eigenvalue weighted by Gasteiger charge is -2.12. The first-order valence-corrected chi connectivity index (χ1v) is 10.7. The third-order valence-corrected chi connectivity index (χ3v) is 5.91. The average Bonchev–Trinajstić information content (AvgIpc) is 3.47. The zero-order valence-electron chi connectivity index (χ0n) is 16.6. The highest BCUT2D eigenvalue weighted by molar-refractivity contribution is 14.0. The molecular weight excluding hydrogens is 501 g/mol. The second kappa shape index (κ2) is 10.9. The number of thiazole rings is 1. The second-order valence-corrected chi connectivity index (χ2v) is 7.77. The summed E-state index contributed by atoms with van der Waals surface area (Å²) in [7, 11) is 1.80. The van der Waals surface area contributed by atoms with E-state index >= 15 is 0 Å².